The van der Waals surface area contributed by atoms with Gasteiger partial charge in [0.2, 0.25) is 5.91 Å². The Labute approximate surface area is 201 Å². The van der Waals surface area contributed by atoms with Crippen LogP contribution in [0.15, 0.2) is 41.3 Å². The molecule has 12 heteroatoms. The van der Waals surface area contributed by atoms with E-state index < -0.39 is 45.6 Å². The van der Waals surface area contributed by atoms with Crippen LogP contribution in [0.2, 0.25) is 0 Å². The summed E-state index contributed by atoms with van der Waals surface area (Å²) in [5.74, 6) is -1.61. The molecule has 1 saturated heterocycles. The van der Waals surface area contributed by atoms with Crippen LogP contribution >= 0.6 is 0 Å². The van der Waals surface area contributed by atoms with Gasteiger partial charge in [-0.1, -0.05) is 0 Å². The van der Waals surface area contributed by atoms with Gasteiger partial charge in [-0.25, -0.2) is 17.2 Å². The molecule has 35 heavy (non-hydrogen) atoms. The summed E-state index contributed by atoms with van der Waals surface area (Å²) in [6, 6.07) is 6.30. The van der Waals surface area contributed by atoms with Crippen LogP contribution in [0, 0.1) is 11.6 Å². The fourth-order valence-corrected chi connectivity index (χ4v) is 5.00. The van der Waals surface area contributed by atoms with Gasteiger partial charge in [0.05, 0.1) is 4.90 Å². The Morgan fingerprint density at radius 3 is 2.37 bits per heavy atom. The van der Waals surface area contributed by atoms with Gasteiger partial charge in [-0.15, -0.1) is 0 Å². The quantitative estimate of drug-likeness (QED) is 0.558. The average molecular weight is 512 g/mol. The lowest BCUT2D eigenvalue weighted by atomic mass is 10.0. The van der Waals surface area contributed by atoms with Crippen molar-refractivity contribution >= 4 is 15.7 Å². The minimum Gasteiger partial charge on any atom is -0.486 e. The molecule has 3 unspecified atom stereocenters. The molecular weight excluding hydrogens is 484 g/mol. The minimum absolute atomic E-state index is 0.0518. The number of benzene rings is 2. The highest BCUT2D eigenvalue weighted by Crippen LogP contribution is 2.34. The molecule has 0 bridgehead atoms. The van der Waals surface area contributed by atoms with E-state index in [-0.39, 0.29) is 23.6 Å². The molecule has 0 aromatic heterocycles. The molecule has 2 aliphatic rings. The highest BCUT2D eigenvalue weighted by atomic mass is 32.2. The molecule has 1 fully saturated rings. The number of aliphatic hydroxyl groups excluding tert-OH is 1. The van der Waals surface area contributed by atoms with Crippen molar-refractivity contribution in [3.05, 3.63) is 53.6 Å². The number of nitrogens with two attached hydrogens (primary N) is 1. The third-order valence-electron chi connectivity index (χ3n) is 6.14. The number of ether oxygens (including phenoxy) is 2. The van der Waals surface area contributed by atoms with Gasteiger partial charge in [0.1, 0.15) is 30.4 Å². The highest BCUT2D eigenvalue weighted by molar-refractivity contribution is 7.90. The van der Waals surface area contributed by atoms with Gasteiger partial charge in [0.15, 0.2) is 27.4 Å². The Morgan fingerprint density at radius 2 is 1.77 bits per heavy atom. The van der Waals surface area contributed by atoms with E-state index in [0.717, 1.165) is 24.5 Å². The largest absolute Gasteiger partial charge is 0.486 e. The van der Waals surface area contributed by atoms with E-state index in [2.05, 4.69) is 0 Å². The highest BCUT2D eigenvalue weighted by Gasteiger charge is 2.33. The van der Waals surface area contributed by atoms with Crippen LogP contribution in [-0.2, 0) is 14.6 Å². The number of sulfone groups is 1. The van der Waals surface area contributed by atoms with Crippen molar-refractivity contribution in [2.24, 2.45) is 5.73 Å². The minimum atomic E-state index is -3.39. The van der Waals surface area contributed by atoms with Crippen LogP contribution in [-0.4, -0.2) is 87.0 Å². The van der Waals surface area contributed by atoms with Gasteiger partial charge >= 0.3 is 0 Å². The van der Waals surface area contributed by atoms with E-state index in [1.165, 1.54) is 18.2 Å². The van der Waals surface area contributed by atoms with Crippen LogP contribution in [0.4, 0.5) is 8.78 Å². The van der Waals surface area contributed by atoms with Crippen LogP contribution in [0.25, 0.3) is 0 Å². The first-order valence-corrected chi connectivity index (χ1v) is 12.9. The first kappa shape index (κ1) is 25.3. The van der Waals surface area contributed by atoms with Gasteiger partial charge in [-0.2, -0.15) is 0 Å². The topological polar surface area (TPSA) is 122 Å². The van der Waals surface area contributed by atoms with Crippen LogP contribution in [0.5, 0.6) is 11.5 Å². The molecule has 9 nitrogen and oxygen atoms in total. The molecule has 0 spiro atoms. The first-order valence-electron chi connectivity index (χ1n) is 11.0. The number of hydrogen-bond acceptors (Lipinski definition) is 8. The fourth-order valence-electron chi connectivity index (χ4n) is 4.36. The van der Waals surface area contributed by atoms with Gasteiger partial charge in [0, 0.05) is 51.1 Å². The van der Waals surface area contributed by atoms with Crippen LogP contribution in [0.3, 0.4) is 0 Å². The maximum atomic E-state index is 13.7. The van der Waals surface area contributed by atoms with E-state index >= 15 is 0 Å². The maximum Gasteiger partial charge on any atom is 0.239 e. The molecule has 0 saturated carbocycles. The molecule has 0 aliphatic carbocycles. The van der Waals surface area contributed by atoms with Crippen molar-refractivity contribution in [2.45, 2.75) is 23.1 Å². The summed E-state index contributed by atoms with van der Waals surface area (Å²) in [4.78, 5) is 15.9. The number of rotatable bonds is 7. The zero-order chi connectivity index (χ0) is 25.3. The lowest BCUT2D eigenvalue weighted by Gasteiger charge is -2.40. The average Bonchev–Trinajstić information content (AvgIpc) is 2.78. The van der Waals surface area contributed by atoms with E-state index in [9.17, 15) is 27.1 Å². The number of β-amino-alcohol motifs (C(OH)–C–C–N with tert-alkyl or cyclic N) is 1. The molecule has 190 valence electrons. The molecule has 2 heterocycles. The third-order valence-corrected chi connectivity index (χ3v) is 7.25. The van der Waals surface area contributed by atoms with Crippen molar-refractivity contribution in [3.8, 4) is 11.5 Å². The fraction of sp³-hybridized carbons (Fsp3) is 0.435. The number of fused-ring (bicyclic) bond motifs is 1. The van der Waals surface area contributed by atoms with Crippen molar-refractivity contribution in [2.75, 3.05) is 45.6 Å². The molecule has 2 aromatic carbocycles. The molecular formula is C23H27F2N3O6S. The van der Waals surface area contributed by atoms with Crippen molar-refractivity contribution in [1.29, 1.82) is 0 Å². The lowest BCUT2D eigenvalue weighted by molar-refractivity contribution is -0.124. The summed E-state index contributed by atoms with van der Waals surface area (Å²) in [6.07, 6.45) is -0.445. The van der Waals surface area contributed by atoms with Crippen molar-refractivity contribution < 1.29 is 36.6 Å². The standard InChI is InChI=1S/C23H27F2N3O6S/c1-35(31,32)17-2-3-19-20(11-17)33-13-21(34-19)18(29)12-27-4-6-28(7-5-27)22(23(26)30)14-8-15(24)10-16(25)9-14/h2-3,8-11,18,21-22,29H,4-7,12-13H2,1H3,(H2,26,30). The van der Waals surface area contributed by atoms with Crippen molar-refractivity contribution in [3.63, 3.8) is 0 Å². The van der Waals surface area contributed by atoms with E-state index in [4.69, 9.17) is 15.2 Å². The smallest absolute Gasteiger partial charge is 0.239 e. The van der Waals surface area contributed by atoms with Gasteiger partial charge in [-0.3, -0.25) is 14.6 Å². The summed E-state index contributed by atoms with van der Waals surface area (Å²) in [5.41, 5.74) is 5.70. The number of halogens is 2. The summed E-state index contributed by atoms with van der Waals surface area (Å²) in [6.45, 7) is 2.10. The van der Waals surface area contributed by atoms with Crippen LogP contribution in [0.1, 0.15) is 11.6 Å². The normalized spacial score (nSPS) is 20.9. The first-order chi connectivity index (χ1) is 16.5. The molecule has 3 atom stereocenters. The monoisotopic (exact) mass is 511 g/mol. The van der Waals surface area contributed by atoms with Gasteiger partial charge in [0.25, 0.3) is 0 Å². The number of amides is 1. The number of nitrogens with zero attached hydrogens (tertiary/aromatic N) is 2. The summed E-state index contributed by atoms with van der Waals surface area (Å²) < 4.78 is 62.3. The number of piperazine rings is 1. The second-order valence-electron chi connectivity index (χ2n) is 8.76. The molecule has 4 rings (SSSR count). The van der Waals surface area contributed by atoms with E-state index in [0.29, 0.717) is 37.7 Å². The maximum absolute atomic E-state index is 13.7. The Kier molecular flexibility index (Phi) is 7.27. The predicted octanol–water partition coefficient (Wildman–Crippen LogP) is 0.713. The zero-order valence-electron chi connectivity index (χ0n) is 19.1. The molecule has 2 aliphatic heterocycles. The number of primary amides is 1. The third kappa shape index (κ3) is 5.89. The van der Waals surface area contributed by atoms with E-state index in [1.807, 2.05) is 4.90 Å². The molecule has 1 amide bonds. The Balaban J connectivity index is 1.34. The molecule has 0 radical (unpaired) electrons. The summed E-state index contributed by atoms with van der Waals surface area (Å²) in [7, 11) is -3.39. The van der Waals surface area contributed by atoms with Crippen LogP contribution < -0.4 is 15.2 Å². The predicted molar refractivity (Wildman–Crippen MR) is 122 cm³/mol. The van der Waals surface area contributed by atoms with E-state index in [1.54, 1.807) is 4.90 Å². The van der Waals surface area contributed by atoms with Crippen molar-refractivity contribution in [1.82, 2.24) is 9.80 Å². The second kappa shape index (κ2) is 10.1. The Bertz CT molecular complexity index is 1180. The Morgan fingerprint density at radius 1 is 1.11 bits per heavy atom. The molecule has 3 N–H and O–H groups in total. The second-order valence-corrected chi connectivity index (χ2v) is 10.8. The number of carbonyl (C=O) groups excluding carboxylic acids is 1. The SMILES string of the molecule is CS(=O)(=O)c1ccc2c(c1)OCC(C(O)CN1CCN(C(C(N)=O)c3cc(F)cc(F)c3)CC1)O2. The van der Waals surface area contributed by atoms with Gasteiger partial charge in [-0.05, 0) is 29.8 Å². The number of carbonyl (C=O) groups is 1. The zero-order valence-corrected chi connectivity index (χ0v) is 19.9. The number of aliphatic hydroxyl groups is 1. The Hall–Kier alpha value is -2.80. The summed E-state index contributed by atoms with van der Waals surface area (Å²) in [5, 5.41) is 10.7. The number of hydrogen-bond donors (Lipinski definition) is 2. The van der Waals surface area contributed by atoms with Gasteiger partial charge < -0.3 is 20.3 Å². The molecule has 2 aromatic rings. The lowest BCUT2D eigenvalue weighted by Crippen LogP contribution is -2.54. The summed E-state index contributed by atoms with van der Waals surface area (Å²) >= 11 is 0.